The molecule has 1 saturated carbocycles. The second-order valence-electron chi connectivity index (χ2n) is 3.32. The summed E-state index contributed by atoms with van der Waals surface area (Å²) in [7, 11) is 0. The molecule has 1 rings (SSSR count). The molecule has 1 fully saturated rings. The average Bonchev–Trinajstić information content (AvgIpc) is 1.93. The van der Waals surface area contributed by atoms with Crippen molar-refractivity contribution in [2.45, 2.75) is 39.5 Å². The van der Waals surface area contributed by atoms with Gasteiger partial charge in [0.05, 0.1) is 0 Å². The van der Waals surface area contributed by atoms with Crippen LogP contribution in [0.15, 0.2) is 12.2 Å². The lowest BCUT2D eigenvalue weighted by Crippen LogP contribution is -2.23. The van der Waals surface area contributed by atoms with Crippen LogP contribution in [0.25, 0.3) is 0 Å². The molecular weight excluding hydrogens is 120 g/mol. The maximum Gasteiger partial charge on any atom is -0.0205 e. The van der Waals surface area contributed by atoms with E-state index in [0.29, 0.717) is 0 Å². The zero-order chi connectivity index (χ0) is 7.40. The van der Waals surface area contributed by atoms with Crippen molar-refractivity contribution < 1.29 is 0 Å². The third-order valence-electron chi connectivity index (χ3n) is 2.58. The highest BCUT2D eigenvalue weighted by Gasteiger charge is 2.26. The van der Waals surface area contributed by atoms with Crippen molar-refractivity contribution in [2.24, 2.45) is 11.8 Å². The molecule has 2 atom stereocenters. The van der Waals surface area contributed by atoms with Gasteiger partial charge >= 0.3 is 0 Å². The van der Waals surface area contributed by atoms with Crippen molar-refractivity contribution in [3.63, 3.8) is 0 Å². The molecule has 0 radical (unpaired) electrons. The van der Waals surface area contributed by atoms with Crippen LogP contribution >= 0.6 is 0 Å². The van der Waals surface area contributed by atoms with Crippen LogP contribution in [0.3, 0.4) is 0 Å². The van der Waals surface area contributed by atoms with Crippen molar-refractivity contribution in [2.75, 3.05) is 0 Å². The van der Waals surface area contributed by atoms with Gasteiger partial charge in [-0.25, -0.2) is 0 Å². The van der Waals surface area contributed by atoms with Crippen LogP contribution in [0.2, 0.25) is 0 Å². The predicted molar refractivity (Wildman–Crippen MR) is 45.9 cm³/mol. The third kappa shape index (κ3) is 1.62. The molecule has 1 aliphatic carbocycles. The highest BCUT2D eigenvalue weighted by molar-refractivity contribution is 4.95. The van der Waals surface area contributed by atoms with E-state index in [1.807, 2.05) is 0 Å². The first-order chi connectivity index (χ1) is 4.88. The van der Waals surface area contributed by atoms with Crippen molar-refractivity contribution in [3.05, 3.63) is 12.2 Å². The maximum atomic E-state index is 2.38. The SMILES string of the molecule is CC=CC1CCC1CCC. The molecule has 0 saturated heterocycles. The van der Waals surface area contributed by atoms with Crippen LogP contribution in [-0.4, -0.2) is 0 Å². The second kappa shape index (κ2) is 3.80. The molecule has 0 amide bonds. The van der Waals surface area contributed by atoms with E-state index in [1.165, 1.54) is 25.7 Å². The Morgan fingerprint density at radius 2 is 2.20 bits per heavy atom. The predicted octanol–water partition coefficient (Wildman–Crippen LogP) is 3.39. The topological polar surface area (TPSA) is 0 Å². The Balaban J connectivity index is 2.22. The number of rotatable bonds is 3. The van der Waals surface area contributed by atoms with Gasteiger partial charge in [0.1, 0.15) is 0 Å². The first kappa shape index (κ1) is 7.84. The first-order valence-electron chi connectivity index (χ1n) is 4.51. The summed E-state index contributed by atoms with van der Waals surface area (Å²) in [6, 6.07) is 0. The van der Waals surface area contributed by atoms with Crippen molar-refractivity contribution >= 4 is 0 Å². The van der Waals surface area contributed by atoms with Gasteiger partial charge in [-0.05, 0) is 31.6 Å². The maximum absolute atomic E-state index is 2.38. The molecule has 1 aliphatic rings. The Kier molecular flexibility index (Phi) is 2.98. The molecular formula is C10H18. The molecule has 0 aromatic heterocycles. The van der Waals surface area contributed by atoms with E-state index in [2.05, 4.69) is 26.0 Å². The Labute approximate surface area is 64.3 Å². The van der Waals surface area contributed by atoms with Gasteiger partial charge in [-0.3, -0.25) is 0 Å². The fraction of sp³-hybridized carbons (Fsp3) is 0.800. The first-order valence-corrected chi connectivity index (χ1v) is 4.51. The fourth-order valence-corrected chi connectivity index (χ4v) is 1.82. The molecule has 0 heteroatoms. The van der Waals surface area contributed by atoms with Crippen molar-refractivity contribution in [3.8, 4) is 0 Å². The summed E-state index contributed by atoms with van der Waals surface area (Å²) in [4.78, 5) is 0. The molecule has 0 spiro atoms. The van der Waals surface area contributed by atoms with E-state index < -0.39 is 0 Å². The highest BCUT2D eigenvalue weighted by Crippen LogP contribution is 2.38. The molecule has 10 heavy (non-hydrogen) atoms. The Hall–Kier alpha value is -0.260. The zero-order valence-corrected chi connectivity index (χ0v) is 7.14. The summed E-state index contributed by atoms with van der Waals surface area (Å²) in [5.41, 5.74) is 0. The van der Waals surface area contributed by atoms with Gasteiger partial charge in [0, 0.05) is 0 Å². The minimum absolute atomic E-state index is 0.935. The van der Waals surface area contributed by atoms with Crippen molar-refractivity contribution in [1.82, 2.24) is 0 Å². The van der Waals surface area contributed by atoms with E-state index in [0.717, 1.165) is 11.8 Å². The van der Waals surface area contributed by atoms with E-state index in [4.69, 9.17) is 0 Å². The van der Waals surface area contributed by atoms with Gasteiger partial charge in [-0.15, -0.1) is 0 Å². The van der Waals surface area contributed by atoms with E-state index in [-0.39, 0.29) is 0 Å². The van der Waals surface area contributed by atoms with Crippen LogP contribution in [0, 0.1) is 11.8 Å². The van der Waals surface area contributed by atoms with Crippen LogP contribution < -0.4 is 0 Å². The van der Waals surface area contributed by atoms with Crippen molar-refractivity contribution in [1.29, 1.82) is 0 Å². The summed E-state index contributed by atoms with van der Waals surface area (Å²) in [6.07, 6.45) is 10.3. The van der Waals surface area contributed by atoms with E-state index >= 15 is 0 Å². The van der Waals surface area contributed by atoms with Crippen LogP contribution in [0.1, 0.15) is 39.5 Å². The fourth-order valence-electron chi connectivity index (χ4n) is 1.82. The van der Waals surface area contributed by atoms with Gasteiger partial charge in [0.15, 0.2) is 0 Å². The van der Waals surface area contributed by atoms with Gasteiger partial charge in [0.25, 0.3) is 0 Å². The number of hydrogen-bond acceptors (Lipinski definition) is 0. The molecule has 0 aliphatic heterocycles. The summed E-state index contributed by atoms with van der Waals surface area (Å²) >= 11 is 0. The normalized spacial score (nSPS) is 32.6. The van der Waals surface area contributed by atoms with Crippen LogP contribution in [0.4, 0.5) is 0 Å². The highest BCUT2D eigenvalue weighted by atomic mass is 14.3. The third-order valence-corrected chi connectivity index (χ3v) is 2.58. The molecule has 0 heterocycles. The lowest BCUT2D eigenvalue weighted by atomic mass is 9.71. The number of hydrogen-bond donors (Lipinski definition) is 0. The van der Waals surface area contributed by atoms with E-state index in [9.17, 15) is 0 Å². The summed E-state index contributed by atoms with van der Waals surface area (Å²) < 4.78 is 0. The molecule has 2 unspecified atom stereocenters. The molecule has 0 aromatic carbocycles. The quantitative estimate of drug-likeness (QED) is 0.524. The van der Waals surface area contributed by atoms with Gasteiger partial charge < -0.3 is 0 Å². The standard InChI is InChI=1S/C10H18/c1-3-5-9-7-8-10(9)6-4-2/h3,5,9-10H,4,6-8H2,1-2H3. The Bertz CT molecular complexity index is 113. The summed E-state index contributed by atoms with van der Waals surface area (Å²) in [6.45, 7) is 4.41. The molecule has 0 nitrogen and oxygen atoms in total. The monoisotopic (exact) mass is 138 g/mol. The minimum atomic E-state index is 0.935. The van der Waals surface area contributed by atoms with Gasteiger partial charge in [-0.1, -0.05) is 31.9 Å². The minimum Gasteiger partial charge on any atom is -0.0914 e. The molecule has 58 valence electrons. The van der Waals surface area contributed by atoms with Gasteiger partial charge in [-0.2, -0.15) is 0 Å². The smallest absolute Gasteiger partial charge is 0.0205 e. The second-order valence-corrected chi connectivity index (χ2v) is 3.32. The van der Waals surface area contributed by atoms with E-state index in [1.54, 1.807) is 0 Å². The summed E-state index contributed by atoms with van der Waals surface area (Å²) in [5, 5.41) is 0. The number of allylic oxidation sites excluding steroid dienone is 2. The lowest BCUT2D eigenvalue weighted by Gasteiger charge is -2.34. The summed E-state index contributed by atoms with van der Waals surface area (Å²) in [5.74, 6) is 1.96. The molecule has 0 aromatic rings. The average molecular weight is 138 g/mol. The Morgan fingerprint density at radius 3 is 2.60 bits per heavy atom. The van der Waals surface area contributed by atoms with Gasteiger partial charge in [0.2, 0.25) is 0 Å². The Morgan fingerprint density at radius 1 is 1.40 bits per heavy atom. The molecule has 0 N–H and O–H groups in total. The molecule has 0 bridgehead atoms. The largest absolute Gasteiger partial charge is 0.0914 e. The zero-order valence-electron chi connectivity index (χ0n) is 7.14. The van der Waals surface area contributed by atoms with Crippen LogP contribution in [-0.2, 0) is 0 Å². The lowest BCUT2D eigenvalue weighted by molar-refractivity contribution is 0.210. The van der Waals surface area contributed by atoms with Crippen LogP contribution in [0.5, 0.6) is 0 Å².